The lowest BCUT2D eigenvalue weighted by Gasteiger charge is -2.20. The molecule has 0 N–H and O–H groups in total. The maximum absolute atomic E-state index is 4.30. The SMILES string of the molecule is C[C@@H](c1ccc(-c2cn(CCc3cccnc3)nn2)cc1)N(C)C. The summed E-state index contributed by atoms with van der Waals surface area (Å²) in [4.78, 5) is 6.33. The van der Waals surface area contributed by atoms with Gasteiger partial charge in [0.2, 0.25) is 0 Å². The Morgan fingerprint density at radius 2 is 1.92 bits per heavy atom. The van der Waals surface area contributed by atoms with E-state index in [9.17, 15) is 0 Å². The van der Waals surface area contributed by atoms with Gasteiger partial charge in [-0.1, -0.05) is 35.5 Å². The van der Waals surface area contributed by atoms with E-state index >= 15 is 0 Å². The van der Waals surface area contributed by atoms with Crippen molar-refractivity contribution in [2.24, 2.45) is 0 Å². The quantitative estimate of drug-likeness (QED) is 0.699. The average Bonchev–Trinajstić information content (AvgIpc) is 3.09. The molecule has 0 spiro atoms. The van der Waals surface area contributed by atoms with Crippen LogP contribution in [0.25, 0.3) is 11.3 Å². The molecule has 0 aliphatic carbocycles. The monoisotopic (exact) mass is 321 g/mol. The third-order valence-electron chi connectivity index (χ3n) is 4.35. The number of aryl methyl sites for hydroxylation is 2. The van der Waals surface area contributed by atoms with Gasteiger partial charge in [-0.2, -0.15) is 0 Å². The molecule has 5 heteroatoms. The second-order valence-electron chi connectivity index (χ2n) is 6.24. The lowest BCUT2D eigenvalue weighted by Crippen LogP contribution is -2.16. The van der Waals surface area contributed by atoms with Gasteiger partial charge >= 0.3 is 0 Å². The van der Waals surface area contributed by atoms with Crippen molar-refractivity contribution in [3.05, 3.63) is 66.1 Å². The maximum Gasteiger partial charge on any atom is 0.113 e. The van der Waals surface area contributed by atoms with E-state index in [2.05, 4.69) is 71.5 Å². The highest BCUT2D eigenvalue weighted by Crippen LogP contribution is 2.22. The third kappa shape index (κ3) is 3.86. The van der Waals surface area contributed by atoms with Crippen LogP contribution in [0, 0.1) is 0 Å². The van der Waals surface area contributed by atoms with E-state index in [1.807, 2.05) is 23.1 Å². The molecule has 0 saturated heterocycles. The summed E-state index contributed by atoms with van der Waals surface area (Å²) in [6.45, 7) is 3.00. The Morgan fingerprint density at radius 3 is 2.58 bits per heavy atom. The minimum atomic E-state index is 0.397. The van der Waals surface area contributed by atoms with Crippen molar-refractivity contribution in [3.8, 4) is 11.3 Å². The average molecular weight is 321 g/mol. The van der Waals surface area contributed by atoms with Gasteiger partial charge in [0.1, 0.15) is 5.69 Å². The van der Waals surface area contributed by atoms with Gasteiger partial charge in [-0.25, -0.2) is 0 Å². The zero-order valence-electron chi connectivity index (χ0n) is 14.4. The van der Waals surface area contributed by atoms with Gasteiger partial charge in [0, 0.05) is 30.5 Å². The summed E-state index contributed by atoms with van der Waals surface area (Å²) in [6, 6.07) is 13.0. The molecule has 0 amide bonds. The molecule has 0 aliphatic rings. The highest BCUT2D eigenvalue weighted by molar-refractivity contribution is 5.58. The Labute approximate surface area is 143 Å². The molecule has 3 aromatic rings. The maximum atomic E-state index is 4.30. The largest absolute Gasteiger partial charge is 0.303 e. The number of nitrogens with zero attached hydrogens (tertiary/aromatic N) is 5. The Balaban J connectivity index is 1.67. The smallest absolute Gasteiger partial charge is 0.113 e. The molecular weight excluding hydrogens is 298 g/mol. The van der Waals surface area contributed by atoms with Gasteiger partial charge in [-0.3, -0.25) is 9.67 Å². The normalized spacial score (nSPS) is 12.5. The fraction of sp³-hybridized carbons (Fsp3) is 0.316. The van der Waals surface area contributed by atoms with Gasteiger partial charge in [0.15, 0.2) is 0 Å². The fourth-order valence-electron chi connectivity index (χ4n) is 2.56. The van der Waals surface area contributed by atoms with Crippen LogP contribution in [-0.2, 0) is 13.0 Å². The van der Waals surface area contributed by atoms with Gasteiger partial charge < -0.3 is 4.90 Å². The first-order valence-corrected chi connectivity index (χ1v) is 8.19. The molecule has 2 heterocycles. The second kappa shape index (κ2) is 7.36. The molecule has 0 unspecified atom stereocenters. The number of rotatable bonds is 6. The fourth-order valence-corrected chi connectivity index (χ4v) is 2.56. The summed E-state index contributed by atoms with van der Waals surface area (Å²) in [7, 11) is 4.18. The summed E-state index contributed by atoms with van der Waals surface area (Å²) >= 11 is 0. The molecule has 124 valence electrons. The van der Waals surface area contributed by atoms with Crippen molar-refractivity contribution in [1.82, 2.24) is 24.9 Å². The highest BCUT2D eigenvalue weighted by Gasteiger charge is 2.09. The first-order chi connectivity index (χ1) is 11.6. The lowest BCUT2D eigenvalue weighted by atomic mass is 10.0. The first-order valence-electron chi connectivity index (χ1n) is 8.19. The van der Waals surface area contributed by atoms with Crippen molar-refractivity contribution in [2.75, 3.05) is 14.1 Å². The molecule has 0 bridgehead atoms. The molecule has 0 fully saturated rings. The van der Waals surface area contributed by atoms with Crippen molar-refractivity contribution in [2.45, 2.75) is 25.9 Å². The predicted octanol–water partition coefficient (Wildman–Crippen LogP) is 3.21. The lowest BCUT2D eigenvalue weighted by molar-refractivity contribution is 0.321. The number of benzene rings is 1. The Kier molecular flexibility index (Phi) is 5.01. The summed E-state index contributed by atoms with van der Waals surface area (Å²) in [5, 5.41) is 8.53. The summed E-state index contributed by atoms with van der Waals surface area (Å²) in [6.07, 6.45) is 6.58. The van der Waals surface area contributed by atoms with Crippen molar-refractivity contribution >= 4 is 0 Å². The highest BCUT2D eigenvalue weighted by atomic mass is 15.4. The van der Waals surface area contributed by atoms with Gasteiger partial charge in [-0.15, -0.1) is 5.10 Å². The Morgan fingerprint density at radius 1 is 1.12 bits per heavy atom. The van der Waals surface area contributed by atoms with E-state index in [1.54, 1.807) is 6.20 Å². The van der Waals surface area contributed by atoms with Crippen molar-refractivity contribution < 1.29 is 0 Å². The zero-order chi connectivity index (χ0) is 16.9. The summed E-state index contributed by atoms with van der Waals surface area (Å²) < 4.78 is 1.89. The van der Waals surface area contributed by atoms with Crippen LogP contribution >= 0.6 is 0 Å². The molecule has 1 aromatic carbocycles. The van der Waals surface area contributed by atoms with Crippen LogP contribution in [0.2, 0.25) is 0 Å². The number of hydrogen-bond donors (Lipinski definition) is 0. The topological polar surface area (TPSA) is 46.8 Å². The first kappa shape index (κ1) is 16.3. The van der Waals surface area contributed by atoms with E-state index < -0.39 is 0 Å². The number of aromatic nitrogens is 4. The van der Waals surface area contributed by atoms with Crippen LogP contribution in [0.15, 0.2) is 55.0 Å². The van der Waals surface area contributed by atoms with Gasteiger partial charge in [0.05, 0.1) is 6.20 Å². The van der Waals surface area contributed by atoms with E-state index in [0.717, 1.165) is 24.2 Å². The third-order valence-corrected chi connectivity index (χ3v) is 4.35. The molecule has 0 radical (unpaired) electrons. The van der Waals surface area contributed by atoms with Crippen molar-refractivity contribution in [1.29, 1.82) is 0 Å². The van der Waals surface area contributed by atoms with Gasteiger partial charge in [0.25, 0.3) is 0 Å². The minimum absolute atomic E-state index is 0.397. The van der Waals surface area contributed by atoms with E-state index in [-0.39, 0.29) is 0 Å². The molecule has 0 saturated carbocycles. The second-order valence-corrected chi connectivity index (χ2v) is 6.24. The van der Waals surface area contributed by atoms with Crippen LogP contribution < -0.4 is 0 Å². The van der Waals surface area contributed by atoms with Crippen molar-refractivity contribution in [3.63, 3.8) is 0 Å². The Bertz CT molecular complexity index is 762. The minimum Gasteiger partial charge on any atom is -0.303 e. The van der Waals surface area contributed by atoms with Gasteiger partial charge in [-0.05, 0) is 44.6 Å². The molecule has 0 aliphatic heterocycles. The molecule has 5 nitrogen and oxygen atoms in total. The zero-order valence-corrected chi connectivity index (χ0v) is 14.4. The van der Waals surface area contributed by atoms with Crippen LogP contribution in [0.4, 0.5) is 0 Å². The molecule has 2 aromatic heterocycles. The predicted molar refractivity (Wildman–Crippen MR) is 95.5 cm³/mol. The molecule has 24 heavy (non-hydrogen) atoms. The van der Waals surface area contributed by atoms with Crippen LogP contribution in [0.1, 0.15) is 24.1 Å². The van der Waals surface area contributed by atoms with E-state index in [1.165, 1.54) is 11.1 Å². The standard InChI is InChI=1S/C19H23N5/c1-15(23(2)3)17-6-8-18(9-7-17)19-14-24(22-21-19)12-10-16-5-4-11-20-13-16/h4-9,11,13-15H,10,12H2,1-3H3/t15-/m0/s1. The Hall–Kier alpha value is -2.53. The van der Waals surface area contributed by atoms with E-state index in [4.69, 9.17) is 0 Å². The summed E-state index contributed by atoms with van der Waals surface area (Å²) in [5.41, 5.74) is 4.51. The summed E-state index contributed by atoms with van der Waals surface area (Å²) in [5.74, 6) is 0. The van der Waals surface area contributed by atoms with E-state index in [0.29, 0.717) is 6.04 Å². The van der Waals surface area contributed by atoms with Crippen LogP contribution in [0.3, 0.4) is 0 Å². The number of pyridine rings is 1. The molecular formula is C19H23N5. The van der Waals surface area contributed by atoms with Crippen LogP contribution in [-0.4, -0.2) is 39.0 Å². The number of hydrogen-bond acceptors (Lipinski definition) is 4. The molecule has 1 atom stereocenters. The molecule has 3 rings (SSSR count). The van der Waals surface area contributed by atoms with Crippen LogP contribution in [0.5, 0.6) is 0 Å².